The van der Waals surface area contributed by atoms with Crippen LogP contribution >= 0.6 is 0 Å². The minimum absolute atomic E-state index is 0.127. The van der Waals surface area contributed by atoms with Crippen molar-refractivity contribution in [3.63, 3.8) is 0 Å². The van der Waals surface area contributed by atoms with Gasteiger partial charge in [0.05, 0.1) is 11.4 Å². The summed E-state index contributed by atoms with van der Waals surface area (Å²) in [5.74, 6) is -0.651. The molecule has 0 aromatic carbocycles. The molecule has 84 valence electrons. The van der Waals surface area contributed by atoms with Crippen LogP contribution in [0.15, 0.2) is 24.0 Å². The van der Waals surface area contributed by atoms with Crippen molar-refractivity contribution in [2.24, 2.45) is 0 Å². The maximum absolute atomic E-state index is 10.3. The number of aliphatic carboxylic acids is 1. The highest BCUT2D eigenvalue weighted by Crippen LogP contribution is 2.26. The molecule has 0 fully saturated rings. The first-order valence-corrected chi connectivity index (χ1v) is 5.03. The van der Waals surface area contributed by atoms with Crippen LogP contribution in [0.25, 0.3) is 0 Å². The Balaban J connectivity index is 2.29. The Hall–Kier alpha value is -1.29. The van der Waals surface area contributed by atoms with Crippen LogP contribution in [0.2, 0.25) is 0 Å². The van der Waals surface area contributed by atoms with Crippen LogP contribution < -0.4 is 0 Å². The molecule has 0 aromatic heterocycles. The average Bonchev–Trinajstić information content (AvgIpc) is 2.12. The molecule has 0 saturated heterocycles. The second kappa shape index (κ2) is 4.98. The Labute approximate surface area is 88.5 Å². The molecule has 1 unspecified atom stereocenters. The molecule has 0 radical (unpaired) electrons. The van der Waals surface area contributed by atoms with Gasteiger partial charge in [0.25, 0.3) is 0 Å². The van der Waals surface area contributed by atoms with Crippen molar-refractivity contribution < 1.29 is 20.1 Å². The first-order valence-electron chi connectivity index (χ1n) is 5.03. The number of carboxylic acids is 1. The zero-order valence-electron chi connectivity index (χ0n) is 8.52. The number of aliphatic hydroxyl groups excluding tert-OH is 1. The van der Waals surface area contributed by atoms with E-state index in [1.54, 1.807) is 18.2 Å². The Kier molecular flexibility index (Phi) is 3.91. The first-order chi connectivity index (χ1) is 7.02. The molecule has 1 atom stereocenters. The predicted molar refractivity (Wildman–Crippen MR) is 55.5 cm³/mol. The molecule has 0 amide bonds. The van der Waals surface area contributed by atoms with Gasteiger partial charge < -0.3 is 15.3 Å². The minimum atomic E-state index is -1.00. The minimum Gasteiger partial charge on any atom is -0.512 e. The Morgan fingerprint density at radius 1 is 1.47 bits per heavy atom. The van der Waals surface area contributed by atoms with Crippen LogP contribution in [0, 0.1) is 0 Å². The molecular weight excluding hydrogens is 196 g/mol. The molecule has 0 saturated carbocycles. The Morgan fingerprint density at radius 3 is 2.80 bits per heavy atom. The third kappa shape index (κ3) is 4.16. The van der Waals surface area contributed by atoms with E-state index in [0.29, 0.717) is 19.3 Å². The molecule has 1 aliphatic carbocycles. The van der Waals surface area contributed by atoms with Crippen LogP contribution in [0.5, 0.6) is 0 Å². The van der Waals surface area contributed by atoms with E-state index < -0.39 is 11.6 Å². The van der Waals surface area contributed by atoms with Crippen LogP contribution in [0.4, 0.5) is 0 Å². The van der Waals surface area contributed by atoms with E-state index in [4.69, 9.17) is 5.11 Å². The van der Waals surface area contributed by atoms with Crippen LogP contribution in [0.1, 0.15) is 32.1 Å². The molecule has 0 bridgehead atoms. The van der Waals surface area contributed by atoms with E-state index in [1.165, 1.54) is 0 Å². The van der Waals surface area contributed by atoms with E-state index in [9.17, 15) is 15.0 Å². The maximum Gasteiger partial charge on any atom is 0.303 e. The van der Waals surface area contributed by atoms with Crippen LogP contribution in [-0.4, -0.2) is 26.9 Å². The number of rotatable bonds is 5. The molecule has 3 N–H and O–H groups in total. The lowest BCUT2D eigenvalue weighted by atomic mass is 9.88. The lowest BCUT2D eigenvalue weighted by Crippen LogP contribution is -2.28. The number of hydrogen-bond donors (Lipinski definition) is 3. The summed E-state index contributed by atoms with van der Waals surface area (Å²) < 4.78 is 0. The summed E-state index contributed by atoms with van der Waals surface area (Å²) in [7, 11) is 0. The molecule has 1 aliphatic rings. The number of allylic oxidation sites excluding steroid dienone is 2. The van der Waals surface area contributed by atoms with Crippen molar-refractivity contribution in [1.82, 2.24) is 0 Å². The molecule has 4 heteroatoms. The van der Waals surface area contributed by atoms with Crippen LogP contribution in [-0.2, 0) is 4.79 Å². The van der Waals surface area contributed by atoms with Gasteiger partial charge in [-0.25, -0.2) is 0 Å². The normalized spacial score (nSPS) is 25.0. The molecule has 1 rings (SSSR count). The van der Waals surface area contributed by atoms with E-state index in [-0.39, 0.29) is 18.6 Å². The second-order valence-corrected chi connectivity index (χ2v) is 3.90. The van der Waals surface area contributed by atoms with Gasteiger partial charge in [0.2, 0.25) is 0 Å². The number of hydrogen-bond acceptors (Lipinski definition) is 3. The van der Waals surface area contributed by atoms with E-state index in [1.807, 2.05) is 0 Å². The molecule has 15 heavy (non-hydrogen) atoms. The van der Waals surface area contributed by atoms with Crippen molar-refractivity contribution in [2.45, 2.75) is 37.7 Å². The van der Waals surface area contributed by atoms with Crippen molar-refractivity contribution in [3.8, 4) is 0 Å². The number of carbonyl (C=O) groups is 1. The number of aliphatic hydroxyl groups is 2. The average molecular weight is 212 g/mol. The standard InChI is InChI=1S/C11H16O4/c12-9-4-3-7-11(15,8-9)6-2-1-5-10(13)14/h3-4,7,12,15H,1-2,5-6,8H2,(H,13,14). The summed E-state index contributed by atoms with van der Waals surface area (Å²) in [6.45, 7) is 0. The second-order valence-electron chi connectivity index (χ2n) is 3.90. The Morgan fingerprint density at radius 2 is 2.20 bits per heavy atom. The van der Waals surface area contributed by atoms with E-state index >= 15 is 0 Å². The lowest BCUT2D eigenvalue weighted by Gasteiger charge is -2.26. The molecular formula is C11H16O4. The predicted octanol–water partition coefficient (Wildman–Crippen LogP) is 1.76. The van der Waals surface area contributed by atoms with Gasteiger partial charge in [0.15, 0.2) is 0 Å². The summed E-state index contributed by atoms with van der Waals surface area (Å²) in [5, 5.41) is 27.6. The highest BCUT2D eigenvalue weighted by Gasteiger charge is 2.26. The maximum atomic E-state index is 10.3. The van der Waals surface area contributed by atoms with Gasteiger partial charge in [-0.05, 0) is 25.3 Å². The first kappa shape index (κ1) is 11.8. The van der Waals surface area contributed by atoms with Crippen LogP contribution in [0.3, 0.4) is 0 Å². The van der Waals surface area contributed by atoms with Gasteiger partial charge >= 0.3 is 5.97 Å². The lowest BCUT2D eigenvalue weighted by molar-refractivity contribution is -0.137. The third-order valence-electron chi connectivity index (χ3n) is 2.43. The number of unbranched alkanes of at least 4 members (excludes halogenated alkanes) is 1. The smallest absolute Gasteiger partial charge is 0.303 e. The molecule has 0 spiro atoms. The van der Waals surface area contributed by atoms with Gasteiger partial charge in [0.1, 0.15) is 0 Å². The molecule has 4 nitrogen and oxygen atoms in total. The SMILES string of the molecule is O=C(O)CCCCC1(O)C=CC=C(O)C1. The Bertz CT molecular complexity index is 293. The summed E-state index contributed by atoms with van der Waals surface area (Å²) in [4.78, 5) is 10.3. The largest absolute Gasteiger partial charge is 0.512 e. The fraction of sp³-hybridized carbons (Fsp3) is 0.545. The zero-order chi connectivity index (χ0) is 11.3. The molecule has 0 heterocycles. The van der Waals surface area contributed by atoms with Crippen molar-refractivity contribution in [1.29, 1.82) is 0 Å². The van der Waals surface area contributed by atoms with Gasteiger partial charge in [-0.2, -0.15) is 0 Å². The molecule has 0 aromatic rings. The van der Waals surface area contributed by atoms with Gasteiger partial charge in [0, 0.05) is 12.8 Å². The highest BCUT2D eigenvalue weighted by molar-refractivity contribution is 5.66. The third-order valence-corrected chi connectivity index (χ3v) is 2.43. The summed E-state index contributed by atoms with van der Waals surface area (Å²) in [6, 6.07) is 0. The van der Waals surface area contributed by atoms with Gasteiger partial charge in [-0.3, -0.25) is 4.79 Å². The van der Waals surface area contributed by atoms with E-state index in [0.717, 1.165) is 0 Å². The highest BCUT2D eigenvalue weighted by atomic mass is 16.4. The zero-order valence-corrected chi connectivity index (χ0v) is 8.52. The van der Waals surface area contributed by atoms with Crippen molar-refractivity contribution in [2.75, 3.05) is 0 Å². The summed E-state index contributed by atoms with van der Waals surface area (Å²) >= 11 is 0. The van der Waals surface area contributed by atoms with Crippen molar-refractivity contribution >= 4 is 5.97 Å². The molecule has 0 aliphatic heterocycles. The van der Waals surface area contributed by atoms with Gasteiger partial charge in [-0.15, -0.1) is 0 Å². The number of carboxylic acid groups (broad SMARTS) is 1. The van der Waals surface area contributed by atoms with Crippen molar-refractivity contribution in [3.05, 3.63) is 24.0 Å². The monoisotopic (exact) mass is 212 g/mol. The topological polar surface area (TPSA) is 77.8 Å². The van der Waals surface area contributed by atoms with Gasteiger partial charge in [-0.1, -0.05) is 12.2 Å². The fourth-order valence-electron chi connectivity index (χ4n) is 1.65. The van der Waals surface area contributed by atoms with E-state index in [2.05, 4.69) is 0 Å². The fourth-order valence-corrected chi connectivity index (χ4v) is 1.65. The summed E-state index contributed by atoms with van der Waals surface area (Å²) in [5.41, 5.74) is -1.00. The quantitative estimate of drug-likeness (QED) is 0.607. The summed E-state index contributed by atoms with van der Waals surface area (Å²) in [6.07, 6.45) is 6.83.